The summed E-state index contributed by atoms with van der Waals surface area (Å²) in [5, 5.41) is 0. The third-order valence-electron chi connectivity index (χ3n) is 2.17. The number of rotatable bonds is 1. The maximum Gasteiger partial charge on any atom is 0.171 e. The molecule has 0 spiro atoms. The molecule has 84 valence electrons. The highest BCUT2D eigenvalue weighted by molar-refractivity contribution is 7.90. The molecule has 2 aromatic rings. The molecular formula is C14H11NOS. The average Bonchev–Trinajstić information content (AvgIpc) is 2.38. The van der Waals surface area contributed by atoms with Crippen molar-refractivity contribution in [3.63, 3.8) is 0 Å². The number of aromatic nitrogens is 1. The smallest absolute Gasteiger partial charge is 0.171 e. The van der Waals surface area contributed by atoms with E-state index in [9.17, 15) is 4.55 Å². The van der Waals surface area contributed by atoms with E-state index >= 15 is 0 Å². The van der Waals surface area contributed by atoms with Crippen molar-refractivity contribution in [3.8, 4) is 11.8 Å². The van der Waals surface area contributed by atoms with Crippen molar-refractivity contribution >= 4 is 11.2 Å². The molecule has 1 atom stereocenters. The Morgan fingerprint density at radius 3 is 2.47 bits per heavy atom. The lowest BCUT2D eigenvalue weighted by Crippen LogP contribution is -1.98. The summed E-state index contributed by atoms with van der Waals surface area (Å²) in [4.78, 5) is 4.72. The van der Waals surface area contributed by atoms with Gasteiger partial charge in [-0.3, -0.25) is 4.98 Å². The first kappa shape index (κ1) is 11.7. The molecule has 0 bridgehead atoms. The van der Waals surface area contributed by atoms with Crippen molar-refractivity contribution < 1.29 is 4.55 Å². The fraction of sp³-hybridized carbons (Fsp3) is 0.0714. The van der Waals surface area contributed by atoms with E-state index in [-0.39, 0.29) is 0 Å². The van der Waals surface area contributed by atoms with Gasteiger partial charge >= 0.3 is 0 Å². The minimum atomic E-state index is -1.02. The largest absolute Gasteiger partial charge is 0.612 e. The quantitative estimate of drug-likeness (QED) is 0.567. The van der Waals surface area contributed by atoms with E-state index in [1.807, 2.05) is 30.3 Å². The number of hydrogen-bond donors (Lipinski definition) is 0. The van der Waals surface area contributed by atoms with Crippen LogP contribution in [0.1, 0.15) is 11.1 Å². The second kappa shape index (κ2) is 5.53. The normalized spacial score (nSPS) is 11.4. The van der Waals surface area contributed by atoms with Crippen molar-refractivity contribution in [2.75, 3.05) is 6.26 Å². The first-order chi connectivity index (χ1) is 8.25. The molecule has 0 amide bonds. The van der Waals surface area contributed by atoms with E-state index < -0.39 is 11.2 Å². The summed E-state index contributed by atoms with van der Waals surface area (Å²) < 4.78 is 11.3. The molecule has 1 aromatic carbocycles. The summed E-state index contributed by atoms with van der Waals surface area (Å²) in [6, 6.07) is 11.5. The number of benzene rings is 1. The summed E-state index contributed by atoms with van der Waals surface area (Å²) >= 11 is -1.02. The number of hydrogen-bond acceptors (Lipinski definition) is 2. The van der Waals surface area contributed by atoms with Gasteiger partial charge < -0.3 is 4.55 Å². The molecule has 0 aliphatic rings. The number of pyridine rings is 1. The monoisotopic (exact) mass is 241 g/mol. The Balaban J connectivity index is 2.25. The lowest BCUT2D eigenvalue weighted by Gasteiger charge is -2.02. The molecule has 0 saturated carbocycles. The van der Waals surface area contributed by atoms with Crippen LogP contribution in [0.15, 0.2) is 53.7 Å². The molecule has 0 aliphatic carbocycles. The molecule has 0 radical (unpaired) electrons. The Bertz CT molecular complexity index is 555. The summed E-state index contributed by atoms with van der Waals surface area (Å²) in [5.74, 6) is 6.05. The first-order valence-corrected chi connectivity index (χ1v) is 6.67. The van der Waals surface area contributed by atoms with Gasteiger partial charge in [0.15, 0.2) is 4.90 Å². The van der Waals surface area contributed by atoms with E-state index in [2.05, 4.69) is 16.8 Å². The molecule has 0 saturated heterocycles. The average molecular weight is 241 g/mol. The topological polar surface area (TPSA) is 36.0 Å². The van der Waals surface area contributed by atoms with E-state index in [0.717, 1.165) is 11.1 Å². The Morgan fingerprint density at radius 2 is 1.76 bits per heavy atom. The van der Waals surface area contributed by atoms with Crippen LogP contribution in [0.3, 0.4) is 0 Å². The van der Waals surface area contributed by atoms with Crippen LogP contribution >= 0.6 is 0 Å². The van der Waals surface area contributed by atoms with Gasteiger partial charge in [-0.1, -0.05) is 30.0 Å². The molecule has 1 heterocycles. The number of nitrogens with zero attached hydrogens (tertiary/aromatic N) is 1. The third kappa shape index (κ3) is 3.35. The SMILES string of the molecule is C[S+]([O-])c1cncc(C#Cc2ccccc2)c1. The minimum absolute atomic E-state index is 0.699. The van der Waals surface area contributed by atoms with E-state index in [4.69, 9.17) is 0 Å². The lowest BCUT2D eigenvalue weighted by molar-refractivity contribution is 0.600. The van der Waals surface area contributed by atoms with Gasteiger partial charge in [0, 0.05) is 23.4 Å². The fourth-order valence-electron chi connectivity index (χ4n) is 1.31. The Kier molecular flexibility index (Phi) is 3.81. The molecule has 17 heavy (non-hydrogen) atoms. The van der Waals surface area contributed by atoms with E-state index in [1.165, 1.54) is 0 Å². The molecule has 2 nitrogen and oxygen atoms in total. The highest BCUT2D eigenvalue weighted by Gasteiger charge is 2.03. The maximum absolute atomic E-state index is 11.3. The summed E-state index contributed by atoms with van der Waals surface area (Å²) in [7, 11) is 0. The molecule has 0 fully saturated rings. The molecule has 3 heteroatoms. The van der Waals surface area contributed by atoms with Crippen LogP contribution in [0, 0.1) is 11.8 Å². The maximum atomic E-state index is 11.3. The summed E-state index contributed by atoms with van der Waals surface area (Å²) in [6.45, 7) is 0. The van der Waals surface area contributed by atoms with Crippen LogP contribution in [0.4, 0.5) is 0 Å². The van der Waals surface area contributed by atoms with Crippen molar-refractivity contribution in [1.29, 1.82) is 0 Å². The van der Waals surface area contributed by atoms with Crippen LogP contribution in [-0.2, 0) is 11.2 Å². The van der Waals surface area contributed by atoms with Crippen LogP contribution in [0.25, 0.3) is 0 Å². The zero-order valence-electron chi connectivity index (χ0n) is 9.38. The Morgan fingerprint density at radius 1 is 1.06 bits per heavy atom. The van der Waals surface area contributed by atoms with Gasteiger partial charge in [0.25, 0.3) is 0 Å². The molecular weight excluding hydrogens is 230 g/mol. The Hall–Kier alpha value is -1.76. The van der Waals surface area contributed by atoms with Crippen LogP contribution in [0.5, 0.6) is 0 Å². The second-order valence-corrected chi connectivity index (χ2v) is 4.86. The zero-order valence-corrected chi connectivity index (χ0v) is 10.2. The van der Waals surface area contributed by atoms with Gasteiger partial charge in [0.2, 0.25) is 0 Å². The second-order valence-electron chi connectivity index (χ2n) is 3.48. The van der Waals surface area contributed by atoms with Crippen molar-refractivity contribution in [1.82, 2.24) is 4.98 Å². The predicted molar refractivity (Wildman–Crippen MR) is 69.0 cm³/mol. The van der Waals surface area contributed by atoms with Crippen molar-refractivity contribution in [2.24, 2.45) is 0 Å². The third-order valence-corrected chi connectivity index (χ3v) is 3.06. The molecule has 1 unspecified atom stereocenters. The summed E-state index contributed by atoms with van der Waals surface area (Å²) in [5.41, 5.74) is 1.73. The predicted octanol–water partition coefficient (Wildman–Crippen LogP) is 2.22. The van der Waals surface area contributed by atoms with Crippen LogP contribution in [-0.4, -0.2) is 15.8 Å². The van der Waals surface area contributed by atoms with Gasteiger partial charge in [-0.05, 0) is 23.3 Å². The molecule has 1 aromatic heterocycles. The standard InChI is InChI=1S/C14H11NOS/c1-17(16)14-9-13(10-15-11-14)8-7-12-5-3-2-4-6-12/h2-6,9-11H,1H3. The van der Waals surface area contributed by atoms with Gasteiger partial charge in [-0.15, -0.1) is 0 Å². The molecule has 0 aliphatic heterocycles. The fourth-order valence-corrected chi connectivity index (χ4v) is 1.81. The molecule has 2 rings (SSSR count). The van der Waals surface area contributed by atoms with E-state index in [0.29, 0.717) is 4.90 Å². The highest BCUT2D eigenvalue weighted by atomic mass is 32.2. The van der Waals surface area contributed by atoms with Crippen LogP contribution < -0.4 is 0 Å². The van der Waals surface area contributed by atoms with Gasteiger partial charge in [0.05, 0.1) is 6.20 Å². The minimum Gasteiger partial charge on any atom is -0.612 e. The van der Waals surface area contributed by atoms with Crippen LogP contribution in [0.2, 0.25) is 0 Å². The van der Waals surface area contributed by atoms with Crippen molar-refractivity contribution in [2.45, 2.75) is 4.90 Å². The lowest BCUT2D eigenvalue weighted by atomic mass is 10.2. The Labute approximate surface area is 104 Å². The summed E-state index contributed by atoms with van der Waals surface area (Å²) in [6.07, 6.45) is 4.90. The van der Waals surface area contributed by atoms with Gasteiger partial charge in [-0.2, -0.15) is 0 Å². The zero-order chi connectivity index (χ0) is 12.1. The molecule has 0 N–H and O–H groups in total. The van der Waals surface area contributed by atoms with Crippen molar-refractivity contribution in [3.05, 3.63) is 59.9 Å². The van der Waals surface area contributed by atoms with Gasteiger partial charge in [-0.25, -0.2) is 0 Å². The van der Waals surface area contributed by atoms with Gasteiger partial charge in [0.1, 0.15) is 6.26 Å². The first-order valence-electron chi connectivity index (χ1n) is 5.11. The highest BCUT2D eigenvalue weighted by Crippen LogP contribution is 2.08. The van der Waals surface area contributed by atoms with E-state index in [1.54, 1.807) is 24.7 Å².